The minimum absolute atomic E-state index is 0.123. The summed E-state index contributed by atoms with van der Waals surface area (Å²) in [6, 6.07) is 8.80. The molecule has 5 nitrogen and oxygen atoms in total. The second-order valence-corrected chi connectivity index (χ2v) is 4.20. The molecule has 2 rings (SSSR count). The third-order valence-electron chi connectivity index (χ3n) is 3.06. The van der Waals surface area contributed by atoms with Gasteiger partial charge in [0.15, 0.2) is 0 Å². The highest BCUT2D eigenvalue weighted by Gasteiger charge is 2.12. The lowest BCUT2D eigenvalue weighted by atomic mass is 10.1. The summed E-state index contributed by atoms with van der Waals surface area (Å²) in [5.74, 6) is 1.13. The minimum atomic E-state index is -0.376. The quantitative estimate of drug-likeness (QED) is 0.856. The Hall–Kier alpha value is -2.74. The highest BCUT2D eigenvalue weighted by molar-refractivity contribution is 5.52. The predicted molar refractivity (Wildman–Crippen MR) is 74.6 cm³/mol. The van der Waals surface area contributed by atoms with Gasteiger partial charge in [-0.3, -0.25) is 9.36 Å². The molecular formula is C15H14N2O3. The van der Waals surface area contributed by atoms with Crippen LogP contribution in [-0.4, -0.2) is 18.8 Å². The molecule has 0 aliphatic heterocycles. The molecule has 5 heteroatoms. The molecule has 0 N–H and O–H groups in total. The van der Waals surface area contributed by atoms with E-state index < -0.39 is 0 Å². The van der Waals surface area contributed by atoms with Crippen molar-refractivity contribution in [3.63, 3.8) is 0 Å². The molecule has 0 saturated carbocycles. The molecule has 0 fully saturated rings. The zero-order valence-electron chi connectivity index (χ0n) is 11.5. The number of hydrogen-bond donors (Lipinski definition) is 0. The van der Waals surface area contributed by atoms with Crippen LogP contribution < -0.4 is 15.0 Å². The molecule has 0 saturated heterocycles. The van der Waals surface area contributed by atoms with Gasteiger partial charge in [-0.1, -0.05) is 0 Å². The van der Waals surface area contributed by atoms with E-state index in [2.05, 4.69) is 0 Å². The van der Waals surface area contributed by atoms with Crippen molar-refractivity contribution in [2.24, 2.45) is 0 Å². The van der Waals surface area contributed by atoms with Crippen LogP contribution in [-0.2, 0) is 0 Å². The molecule has 0 amide bonds. The van der Waals surface area contributed by atoms with Crippen LogP contribution in [0.4, 0.5) is 0 Å². The topological polar surface area (TPSA) is 64.2 Å². The van der Waals surface area contributed by atoms with Gasteiger partial charge in [0.2, 0.25) is 0 Å². The number of nitrogens with zero attached hydrogens (tertiary/aromatic N) is 2. The number of methoxy groups -OCH3 is 2. The maximum Gasteiger partial charge on any atom is 0.273 e. The number of aryl methyl sites for hydroxylation is 1. The van der Waals surface area contributed by atoms with Crippen molar-refractivity contribution >= 4 is 0 Å². The first kappa shape index (κ1) is 13.7. The van der Waals surface area contributed by atoms with E-state index in [4.69, 9.17) is 14.7 Å². The molecule has 20 heavy (non-hydrogen) atoms. The first-order valence-electron chi connectivity index (χ1n) is 5.97. The van der Waals surface area contributed by atoms with E-state index in [0.29, 0.717) is 22.7 Å². The largest absolute Gasteiger partial charge is 0.497 e. The summed E-state index contributed by atoms with van der Waals surface area (Å²) in [7, 11) is 3.07. The van der Waals surface area contributed by atoms with Gasteiger partial charge in [0.25, 0.3) is 5.56 Å². The number of benzene rings is 1. The van der Waals surface area contributed by atoms with E-state index in [1.54, 1.807) is 44.5 Å². The van der Waals surface area contributed by atoms with Crippen LogP contribution in [0, 0.1) is 18.3 Å². The number of aromatic nitrogens is 1. The molecule has 0 spiro atoms. The predicted octanol–water partition coefficient (Wildman–Crippen LogP) is 2.03. The van der Waals surface area contributed by atoms with Crippen molar-refractivity contribution in [3.05, 3.63) is 51.9 Å². The van der Waals surface area contributed by atoms with Gasteiger partial charge in [-0.25, -0.2) is 0 Å². The lowest BCUT2D eigenvalue weighted by molar-refractivity contribution is 0.401. The summed E-state index contributed by atoms with van der Waals surface area (Å²) in [4.78, 5) is 12.3. The number of pyridine rings is 1. The van der Waals surface area contributed by atoms with Crippen molar-refractivity contribution in [2.75, 3.05) is 14.2 Å². The van der Waals surface area contributed by atoms with Crippen LogP contribution >= 0.6 is 0 Å². The van der Waals surface area contributed by atoms with Crippen LogP contribution in [0.5, 0.6) is 11.5 Å². The van der Waals surface area contributed by atoms with E-state index >= 15 is 0 Å². The van der Waals surface area contributed by atoms with Crippen molar-refractivity contribution < 1.29 is 9.47 Å². The molecule has 0 unspecified atom stereocenters. The van der Waals surface area contributed by atoms with Gasteiger partial charge in [0.1, 0.15) is 23.1 Å². The maximum atomic E-state index is 12.3. The van der Waals surface area contributed by atoms with Gasteiger partial charge >= 0.3 is 0 Å². The lowest BCUT2D eigenvalue weighted by Gasteiger charge is -2.13. The van der Waals surface area contributed by atoms with E-state index in [-0.39, 0.29) is 11.1 Å². The lowest BCUT2D eigenvalue weighted by Crippen LogP contribution is -2.21. The van der Waals surface area contributed by atoms with E-state index in [0.717, 1.165) is 0 Å². The summed E-state index contributed by atoms with van der Waals surface area (Å²) in [6.07, 6.45) is 1.62. The molecule has 1 aromatic heterocycles. The SMILES string of the molecule is COc1ccc(OC)c(-n2ccc(C)c(C#N)c2=O)c1. The van der Waals surface area contributed by atoms with E-state index in [1.165, 1.54) is 11.7 Å². The van der Waals surface area contributed by atoms with Crippen molar-refractivity contribution in [1.82, 2.24) is 4.57 Å². The molecule has 2 aromatic rings. The van der Waals surface area contributed by atoms with Crippen molar-refractivity contribution in [2.45, 2.75) is 6.92 Å². The second kappa shape index (κ2) is 5.49. The van der Waals surface area contributed by atoms with Gasteiger partial charge in [0, 0.05) is 12.3 Å². The van der Waals surface area contributed by atoms with Gasteiger partial charge in [-0.15, -0.1) is 0 Å². The summed E-state index contributed by atoms with van der Waals surface area (Å²) in [5.41, 5.74) is 0.931. The van der Waals surface area contributed by atoms with Crippen LogP contribution in [0.15, 0.2) is 35.3 Å². The van der Waals surface area contributed by atoms with Crippen LogP contribution in [0.3, 0.4) is 0 Å². The number of nitriles is 1. The van der Waals surface area contributed by atoms with E-state index in [9.17, 15) is 4.79 Å². The summed E-state index contributed by atoms with van der Waals surface area (Å²) >= 11 is 0. The Labute approximate surface area is 116 Å². The minimum Gasteiger partial charge on any atom is -0.497 e. The number of rotatable bonds is 3. The maximum absolute atomic E-state index is 12.3. The average molecular weight is 270 g/mol. The Kier molecular flexibility index (Phi) is 3.76. The molecule has 102 valence electrons. The molecule has 0 bridgehead atoms. The standard InChI is InChI=1S/C15H14N2O3/c1-10-6-7-17(15(18)12(10)9-16)13-8-11(19-2)4-5-14(13)20-3/h4-8H,1-3H3. The fourth-order valence-corrected chi connectivity index (χ4v) is 1.94. The first-order chi connectivity index (χ1) is 9.62. The molecule has 1 heterocycles. The molecule has 0 radical (unpaired) electrons. The van der Waals surface area contributed by atoms with Crippen LogP contribution in [0.2, 0.25) is 0 Å². The third-order valence-corrected chi connectivity index (χ3v) is 3.06. The number of ether oxygens (including phenoxy) is 2. The van der Waals surface area contributed by atoms with Gasteiger partial charge in [-0.2, -0.15) is 5.26 Å². The van der Waals surface area contributed by atoms with Crippen molar-refractivity contribution in [3.8, 4) is 23.3 Å². The Bertz CT molecular complexity index is 742. The monoisotopic (exact) mass is 270 g/mol. The molecule has 0 atom stereocenters. The fraction of sp³-hybridized carbons (Fsp3) is 0.200. The van der Waals surface area contributed by atoms with E-state index in [1.807, 2.05) is 6.07 Å². The highest BCUT2D eigenvalue weighted by atomic mass is 16.5. The van der Waals surface area contributed by atoms with Gasteiger partial charge in [0.05, 0.1) is 19.9 Å². The average Bonchev–Trinajstić information content (AvgIpc) is 2.47. The summed E-state index contributed by atoms with van der Waals surface area (Å²) < 4.78 is 11.8. The van der Waals surface area contributed by atoms with Crippen LogP contribution in [0.25, 0.3) is 5.69 Å². The number of hydrogen-bond acceptors (Lipinski definition) is 4. The molecule has 0 aliphatic carbocycles. The fourth-order valence-electron chi connectivity index (χ4n) is 1.94. The Morgan fingerprint density at radius 3 is 2.55 bits per heavy atom. The molecule has 0 aliphatic rings. The second-order valence-electron chi connectivity index (χ2n) is 4.20. The highest BCUT2D eigenvalue weighted by Crippen LogP contribution is 2.26. The molecule has 1 aromatic carbocycles. The summed E-state index contributed by atoms with van der Waals surface area (Å²) in [6.45, 7) is 1.73. The Morgan fingerprint density at radius 2 is 1.95 bits per heavy atom. The van der Waals surface area contributed by atoms with Crippen LogP contribution in [0.1, 0.15) is 11.1 Å². The third kappa shape index (κ3) is 2.24. The smallest absolute Gasteiger partial charge is 0.273 e. The summed E-state index contributed by atoms with van der Waals surface area (Å²) in [5, 5.41) is 9.08. The van der Waals surface area contributed by atoms with Crippen molar-refractivity contribution in [1.29, 1.82) is 5.26 Å². The Morgan fingerprint density at radius 1 is 1.20 bits per heavy atom. The zero-order valence-corrected chi connectivity index (χ0v) is 11.5. The normalized spacial score (nSPS) is 9.90. The van der Waals surface area contributed by atoms with Gasteiger partial charge < -0.3 is 9.47 Å². The van der Waals surface area contributed by atoms with Gasteiger partial charge in [-0.05, 0) is 30.7 Å². The first-order valence-corrected chi connectivity index (χ1v) is 5.97. The Balaban J connectivity index is 2.75. The zero-order chi connectivity index (χ0) is 14.7. The molecular weight excluding hydrogens is 256 g/mol.